The van der Waals surface area contributed by atoms with Crippen LogP contribution in [0.2, 0.25) is 0 Å². The van der Waals surface area contributed by atoms with Crippen molar-refractivity contribution >= 4 is 5.91 Å². The molecule has 0 unspecified atom stereocenters. The molecule has 2 aromatic heterocycles. The highest BCUT2D eigenvalue weighted by Gasteiger charge is 2.37. The number of nitrogens with one attached hydrogen (secondary N) is 1. The summed E-state index contributed by atoms with van der Waals surface area (Å²) in [7, 11) is 0. The number of alkyl halides is 3. The van der Waals surface area contributed by atoms with Crippen LogP contribution < -0.4 is 5.32 Å². The number of aliphatic hydroxyl groups is 1. The summed E-state index contributed by atoms with van der Waals surface area (Å²) in [6, 6.07) is 3.32. The van der Waals surface area contributed by atoms with Gasteiger partial charge in [0.05, 0.1) is 12.8 Å². The Morgan fingerprint density at radius 2 is 2.23 bits per heavy atom. The summed E-state index contributed by atoms with van der Waals surface area (Å²) in [6.45, 7) is -0.641. The number of amides is 1. The zero-order valence-corrected chi connectivity index (χ0v) is 11.4. The number of hydrogen-bond acceptors (Lipinski definition) is 4. The van der Waals surface area contributed by atoms with Crippen molar-refractivity contribution in [2.24, 2.45) is 0 Å². The summed E-state index contributed by atoms with van der Waals surface area (Å²) in [5, 5.41) is 14.7. The molecule has 2 rings (SSSR count). The summed E-state index contributed by atoms with van der Waals surface area (Å²) in [6.07, 6.45) is -2.24. The summed E-state index contributed by atoms with van der Waals surface area (Å²) >= 11 is 0. The van der Waals surface area contributed by atoms with E-state index in [0.717, 1.165) is 10.9 Å². The van der Waals surface area contributed by atoms with E-state index in [9.17, 15) is 18.0 Å². The maximum atomic E-state index is 12.8. The Kier molecular flexibility index (Phi) is 4.86. The number of aliphatic hydroxyl groups excluding tert-OH is 1. The molecule has 0 spiro atoms. The van der Waals surface area contributed by atoms with Crippen LogP contribution in [0.4, 0.5) is 13.2 Å². The van der Waals surface area contributed by atoms with Crippen molar-refractivity contribution in [3.05, 3.63) is 41.6 Å². The lowest BCUT2D eigenvalue weighted by Gasteiger charge is -2.05. The number of aromatic nitrogens is 2. The SMILES string of the molecule is O=C(Cn1cc(CCO)c(C(F)(F)F)n1)NCc1ccco1. The molecule has 0 aliphatic rings. The standard InChI is InChI=1S/C13H14F3N3O3/c14-13(15,16)12-9(3-4-20)7-19(18-12)8-11(21)17-6-10-2-1-5-22-10/h1-2,5,7,20H,3-4,6,8H2,(H,17,21). The van der Waals surface area contributed by atoms with Gasteiger partial charge in [-0.15, -0.1) is 0 Å². The Hall–Kier alpha value is -2.29. The largest absolute Gasteiger partial charge is 0.467 e. The molecule has 2 N–H and O–H groups in total. The van der Waals surface area contributed by atoms with Crippen molar-refractivity contribution in [2.45, 2.75) is 25.7 Å². The van der Waals surface area contributed by atoms with Gasteiger partial charge in [0, 0.05) is 18.4 Å². The fourth-order valence-electron chi connectivity index (χ4n) is 1.89. The molecule has 0 saturated carbocycles. The second kappa shape index (κ2) is 6.65. The van der Waals surface area contributed by atoms with E-state index in [2.05, 4.69) is 10.4 Å². The van der Waals surface area contributed by atoms with Crippen molar-refractivity contribution in [3.63, 3.8) is 0 Å². The second-order valence-corrected chi connectivity index (χ2v) is 4.53. The molecule has 120 valence electrons. The fraction of sp³-hybridized carbons (Fsp3) is 0.385. The first kappa shape index (κ1) is 16.1. The zero-order chi connectivity index (χ0) is 16.2. The lowest BCUT2D eigenvalue weighted by atomic mass is 10.2. The van der Waals surface area contributed by atoms with Crippen LogP contribution in [-0.4, -0.2) is 27.4 Å². The highest BCUT2D eigenvalue weighted by molar-refractivity contribution is 5.75. The maximum absolute atomic E-state index is 12.8. The number of hydrogen-bond donors (Lipinski definition) is 2. The highest BCUT2D eigenvalue weighted by atomic mass is 19.4. The molecule has 0 aliphatic carbocycles. The van der Waals surface area contributed by atoms with Crippen LogP contribution in [0, 0.1) is 0 Å². The van der Waals surface area contributed by atoms with Crippen molar-refractivity contribution < 1.29 is 27.5 Å². The number of carbonyl (C=O) groups is 1. The van der Waals surface area contributed by atoms with Crippen molar-refractivity contribution in [1.29, 1.82) is 0 Å². The van der Waals surface area contributed by atoms with Crippen LogP contribution in [-0.2, 0) is 30.5 Å². The molecule has 2 aromatic rings. The number of carbonyl (C=O) groups excluding carboxylic acids is 1. The van der Waals surface area contributed by atoms with Crippen molar-refractivity contribution in [2.75, 3.05) is 6.61 Å². The van der Waals surface area contributed by atoms with Gasteiger partial charge in [0.1, 0.15) is 12.3 Å². The smallest absolute Gasteiger partial charge is 0.435 e. The lowest BCUT2D eigenvalue weighted by Crippen LogP contribution is -2.27. The van der Waals surface area contributed by atoms with Crippen LogP contribution >= 0.6 is 0 Å². The molecule has 0 radical (unpaired) electrons. The Morgan fingerprint density at radius 1 is 1.45 bits per heavy atom. The van der Waals surface area contributed by atoms with E-state index >= 15 is 0 Å². The first-order chi connectivity index (χ1) is 10.4. The van der Waals surface area contributed by atoms with E-state index in [1.807, 2.05) is 0 Å². The third-order valence-corrected chi connectivity index (χ3v) is 2.83. The monoisotopic (exact) mass is 317 g/mol. The van der Waals surface area contributed by atoms with E-state index in [1.54, 1.807) is 12.1 Å². The molecular formula is C13H14F3N3O3. The third kappa shape index (κ3) is 4.10. The van der Waals surface area contributed by atoms with Gasteiger partial charge in [-0.05, 0) is 18.6 Å². The quantitative estimate of drug-likeness (QED) is 0.843. The first-order valence-corrected chi connectivity index (χ1v) is 6.43. The topological polar surface area (TPSA) is 80.3 Å². The molecular weight excluding hydrogens is 303 g/mol. The van der Waals surface area contributed by atoms with Gasteiger partial charge in [-0.2, -0.15) is 18.3 Å². The summed E-state index contributed by atoms with van der Waals surface area (Å²) < 4.78 is 44.3. The van der Waals surface area contributed by atoms with Gasteiger partial charge in [-0.3, -0.25) is 9.48 Å². The molecule has 9 heteroatoms. The predicted octanol–water partition coefficient (Wildman–Crippen LogP) is 1.35. The van der Waals surface area contributed by atoms with Crippen LogP contribution in [0.3, 0.4) is 0 Å². The van der Waals surface area contributed by atoms with E-state index in [4.69, 9.17) is 9.52 Å². The second-order valence-electron chi connectivity index (χ2n) is 4.53. The minimum Gasteiger partial charge on any atom is -0.467 e. The average molecular weight is 317 g/mol. The minimum atomic E-state index is -4.62. The molecule has 0 atom stereocenters. The molecule has 2 heterocycles. The molecule has 0 fully saturated rings. The lowest BCUT2D eigenvalue weighted by molar-refractivity contribution is -0.142. The molecule has 0 saturated heterocycles. The Balaban J connectivity index is 2.01. The molecule has 22 heavy (non-hydrogen) atoms. The number of halogens is 3. The maximum Gasteiger partial charge on any atom is 0.435 e. The van der Waals surface area contributed by atoms with Crippen LogP contribution in [0.25, 0.3) is 0 Å². The van der Waals surface area contributed by atoms with Crippen LogP contribution in [0.1, 0.15) is 17.0 Å². The van der Waals surface area contributed by atoms with Crippen LogP contribution in [0.15, 0.2) is 29.0 Å². The van der Waals surface area contributed by atoms with E-state index in [-0.39, 0.29) is 25.1 Å². The Labute approximate surface area is 123 Å². The minimum absolute atomic E-state index is 0.142. The van der Waals surface area contributed by atoms with Crippen molar-refractivity contribution in [3.8, 4) is 0 Å². The van der Waals surface area contributed by atoms with Crippen LogP contribution in [0.5, 0.6) is 0 Å². The van der Waals surface area contributed by atoms with Gasteiger partial charge in [0.15, 0.2) is 5.69 Å². The first-order valence-electron chi connectivity index (χ1n) is 6.43. The average Bonchev–Trinajstić information content (AvgIpc) is 3.05. The Bertz CT molecular complexity index is 620. The van der Waals surface area contributed by atoms with Gasteiger partial charge in [-0.1, -0.05) is 0 Å². The van der Waals surface area contributed by atoms with E-state index in [1.165, 1.54) is 6.26 Å². The Morgan fingerprint density at radius 3 is 2.82 bits per heavy atom. The van der Waals surface area contributed by atoms with Gasteiger partial charge in [0.2, 0.25) is 5.91 Å². The normalized spacial score (nSPS) is 11.6. The van der Waals surface area contributed by atoms with Gasteiger partial charge in [0.25, 0.3) is 0 Å². The zero-order valence-electron chi connectivity index (χ0n) is 11.4. The highest BCUT2D eigenvalue weighted by Crippen LogP contribution is 2.30. The predicted molar refractivity (Wildman–Crippen MR) is 68.6 cm³/mol. The van der Waals surface area contributed by atoms with E-state index < -0.39 is 24.4 Å². The molecule has 6 nitrogen and oxygen atoms in total. The van der Waals surface area contributed by atoms with Gasteiger partial charge < -0.3 is 14.8 Å². The number of rotatable bonds is 6. The molecule has 1 amide bonds. The number of furan rings is 1. The summed E-state index contributed by atoms with van der Waals surface area (Å²) in [5.41, 5.74) is -1.23. The number of nitrogens with zero attached hydrogens (tertiary/aromatic N) is 2. The molecule has 0 aromatic carbocycles. The van der Waals surface area contributed by atoms with Gasteiger partial charge >= 0.3 is 6.18 Å². The third-order valence-electron chi connectivity index (χ3n) is 2.83. The fourth-order valence-corrected chi connectivity index (χ4v) is 1.89. The van der Waals surface area contributed by atoms with E-state index in [0.29, 0.717) is 5.76 Å². The van der Waals surface area contributed by atoms with Gasteiger partial charge in [-0.25, -0.2) is 0 Å². The van der Waals surface area contributed by atoms with Crippen molar-refractivity contribution in [1.82, 2.24) is 15.1 Å². The molecule has 0 bridgehead atoms. The molecule has 0 aliphatic heterocycles. The summed E-state index contributed by atoms with van der Waals surface area (Å²) in [5.74, 6) is 0.0361. The summed E-state index contributed by atoms with van der Waals surface area (Å²) in [4.78, 5) is 11.7.